The van der Waals surface area contributed by atoms with Gasteiger partial charge in [-0.2, -0.15) is 0 Å². The summed E-state index contributed by atoms with van der Waals surface area (Å²) in [6, 6.07) is 0. The maximum Gasteiger partial charge on any atom is 1.00 e. The van der Waals surface area contributed by atoms with E-state index in [-0.39, 0.29) is 59.1 Å². The second-order valence-corrected chi connectivity index (χ2v) is 2.04. The molecule has 0 unspecified atom stereocenters. The van der Waals surface area contributed by atoms with E-state index in [1.165, 1.54) is 0 Å². The van der Waals surface area contributed by atoms with Crippen molar-refractivity contribution < 1.29 is 93.2 Å². The summed E-state index contributed by atoms with van der Waals surface area (Å²) in [5.74, 6) is -5.78. The summed E-state index contributed by atoms with van der Waals surface area (Å²) in [5, 5.41) is 19.6. The second kappa shape index (κ2) is 12.0. The molecule has 7 nitrogen and oxygen atoms in total. The van der Waals surface area contributed by atoms with Crippen LogP contribution in [0.2, 0.25) is 0 Å². The Bertz CT molecular complexity index is 325. The van der Waals surface area contributed by atoms with Crippen LogP contribution in [0.5, 0.6) is 0 Å². The van der Waals surface area contributed by atoms with Gasteiger partial charge in [0.15, 0.2) is 0 Å². The van der Waals surface area contributed by atoms with E-state index >= 15 is 0 Å². The van der Waals surface area contributed by atoms with Gasteiger partial charge < -0.3 is 24.5 Å². The van der Waals surface area contributed by atoms with Crippen molar-refractivity contribution in [2.24, 2.45) is 0 Å². The molecule has 0 aromatic carbocycles. The molecule has 0 aromatic heterocycles. The standard InChI is InChI=1S/C8H6O7.2Na/c9-5(10)1-3-7(13)15-8(14)4-2-6(11)12;;/h1-4H,(H,9,10)(H,11,12);;/q;2*+1/p-2/b3-1+,4-2+;;. The molecule has 0 aliphatic carbocycles. The first kappa shape index (κ1) is 21.8. The van der Waals surface area contributed by atoms with E-state index in [2.05, 4.69) is 4.74 Å². The number of carbonyl (C=O) groups excluding carboxylic acids is 4. The van der Waals surface area contributed by atoms with E-state index in [1.54, 1.807) is 0 Å². The van der Waals surface area contributed by atoms with Gasteiger partial charge in [0.2, 0.25) is 0 Å². The first-order chi connectivity index (χ1) is 6.91. The Morgan fingerprint density at radius 2 is 1.00 bits per heavy atom. The number of carbonyl (C=O) groups is 4. The molecule has 0 bridgehead atoms. The molecule has 9 heteroatoms. The molecule has 0 spiro atoms. The third kappa shape index (κ3) is 15.6. The van der Waals surface area contributed by atoms with Gasteiger partial charge in [0.1, 0.15) is 0 Å². The number of ether oxygens (including phenoxy) is 1. The molecule has 17 heavy (non-hydrogen) atoms. The molecule has 0 aromatic rings. The molecule has 0 saturated carbocycles. The van der Waals surface area contributed by atoms with Crippen molar-refractivity contribution in [2.45, 2.75) is 0 Å². The van der Waals surface area contributed by atoms with Crippen LogP contribution in [0.4, 0.5) is 0 Å². The molecule has 0 aliphatic rings. The maximum absolute atomic E-state index is 10.6. The summed E-state index contributed by atoms with van der Waals surface area (Å²) in [6.45, 7) is 0. The zero-order chi connectivity index (χ0) is 11.8. The van der Waals surface area contributed by atoms with E-state index in [0.717, 1.165) is 0 Å². The van der Waals surface area contributed by atoms with Crippen LogP contribution in [0.3, 0.4) is 0 Å². The molecular weight excluding hydrogens is 254 g/mol. The normalized spacial score (nSPS) is 9.18. The van der Waals surface area contributed by atoms with Gasteiger partial charge in [-0.3, -0.25) is 0 Å². The average molecular weight is 258 g/mol. The Hall–Kier alpha value is -0.440. The van der Waals surface area contributed by atoms with Crippen LogP contribution in [0.15, 0.2) is 24.3 Å². The van der Waals surface area contributed by atoms with Gasteiger partial charge in [0, 0.05) is 12.2 Å². The first-order valence-corrected chi connectivity index (χ1v) is 3.45. The summed E-state index contributed by atoms with van der Waals surface area (Å²) in [4.78, 5) is 40.8. The van der Waals surface area contributed by atoms with Crippen molar-refractivity contribution >= 4 is 23.9 Å². The van der Waals surface area contributed by atoms with Gasteiger partial charge in [-0.15, -0.1) is 0 Å². The minimum absolute atomic E-state index is 0. The SMILES string of the molecule is O=C([O-])/C=C/C(=O)OC(=O)/C=C/C(=O)[O-].[Na+].[Na+]. The summed E-state index contributed by atoms with van der Waals surface area (Å²) in [5.41, 5.74) is 0. The van der Waals surface area contributed by atoms with Crippen LogP contribution in [-0.2, 0) is 23.9 Å². The van der Waals surface area contributed by atoms with Gasteiger partial charge in [0.25, 0.3) is 0 Å². The maximum atomic E-state index is 10.6. The van der Waals surface area contributed by atoms with Crippen LogP contribution >= 0.6 is 0 Å². The van der Waals surface area contributed by atoms with E-state index < -0.39 is 23.9 Å². The van der Waals surface area contributed by atoms with E-state index in [4.69, 9.17) is 0 Å². The van der Waals surface area contributed by atoms with Crippen molar-refractivity contribution in [1.82, 2.24) is 0 Å². The molecule has 80 valence electrons. The number of rotatable bonds is 4. The van der Waals surface area contributed by atoms with Crippen molar-refractivity contribution in [2.75, 3.05) is 0 Å². The van der Waals surface area contributed by atoms with Crippen molar-refractivity contribution in [1.29, 1.82) is 0 Å². The molecule has 0 amide bonds. The smallest absolute Gasteiger partial charge is 0.545 e. The van der Waals surface area contributed by atoms with Crippen LogP contribution < -0.4 is 69.3 Å². The number of esters is 2. The fourth-order valence-electron chi connectivity index (χ4n) is 0.439. The Morgan fingerprint density at radius 1 is 0.706 bits per heavy atom. The van der Waals surface area contributed by atoms with E-state index in [9.17, 15) is 29.4 Å². The number of hydrogen-bond acceptors (Lipinski definition) is 7. The molecule has 0 atom stereocenters. The fourth-order valence-corrected chi connectivity index (χ4v) is 0.439. The predicted molar refractivity (Wildman–Crippen MR) is 39.4 cm³/mol. The third-order valence-electron chi connectivity index (χ3n) is 0.912. The minimum atomic E-state index is -1.63. The van der Waals surface area contributed by atoms with E-state index in [1.807, 2.05) is 0 Å². The Kier molecular flexibility index (Phi) is 15.4. The number of hydrogen-bond donors (Lipinski definition) is 0. The minimum Gasteiger partial charge on any atom is -0.545 e. The summed E-state index contributed by atoms with van der Waals surface area (Å²) in [6.07, 6.45) is 1.61. The van der Waals surface area contributed by atoms with Crippen LogP contribution in [0.25, 0.3) is 0 Å². The first-order valence-electron chi connectivity index (χ1n) is 3.45. The molecule has 0 fully saturated rings. The van der Waals surface area contributed by atoms with Gasteiger partial charge in [-0.05, 0) is 12.2 Å². The quantitative estimate of drug-likeness (QED) is 0.212. The third-order valence-corrected chi connectivity index (χ3v) is 0.912. The molecular formula is C8H4Na2O7. The zero-order valence-corrected chi connectivity index (χ0v) is 13.2. The van der Waals surface area contributed by atoms with Crippen molar-refractivity contribution in [3.05, 3.63) is 24.3 Å². The van der Waals surface area contributed by atoms with Gasteiger partial charge in [-0.1, -0.05) is 0 Å². The summed E-state index contributed by atoms with van der Waals surface area (Å²) >= 11 is 0. The van der Waals surface area contributed by atoms with Crippen LogP contribution in [-0.4, -0.2) is 23.9 Å². The van der Waals surface area contributed by atoms with Gasteiger partial charge in [0.05, 0.1) is 11.9 Å². The largest absolute Gasteiger partial charge is 1.00 e. The molecule has 0 heterocycles. The molecule has 0 radical (unpaired) electrons. The topological polar surface area (TPSA) is 124 Å². The Morgan fingerprint density at radius 3 is 1.24 bits per heavy atom. The Labute approximate surface area is 140 Å². The number of carboxylic acids is 2. The van der Waals surface area contributed by atoms with Gasteiger partial charge in [-0.25, -0.2) is 9.59 Å². The van der Waals surface area contributed by atoms with Crippen molar-refractivity contribution in [3.8, 4) is 0 Å². The van der Waals surface area contributed by atoms with Crippen LogP contribution in [0, 0.1) is 0 Å². The molecule has 0 N–H and O–H groups in total. The monoisotopic (exact) mass is 258 g/mol. The average Bonchev–Trinajstić information content (AvgIpc) is 2.11. The number of aliphatic carboxylic acids is 2. The van der Waals surface area contributed by atoms with E-state index in [0.29, 0.717) is 24.3 Å². The van der Waals surface area contributed by atoms with Crippen LogP contribution in [0.1, 0.15) is 0 Å². The van der Waals surface area contributed by atoms with Gasteiger partial charge >= 0.3 is 71.1 Å². The Balaban J connectivity index is -0.000000980. The summed E-state index contributed by atoms with van der Waals surface area (Å²) in [7, 11) is 0. The summed E-state index contributed by atoms with van der Waals surface area (Å²) < 4.78 is 3.92. The number of carboxylic acid groups (broad SMARTS) is 2. The molecule has 0 aliphatic heterocycles. The zero-order valence-electron chi connectivity index (χ0n) is 9.17. The predicted octanol–water partition coefficient (Wildman–Crippen LogP) is -9.32. The second-order valence-electron chi connectivity index (χ2n) is 2.04. The van der Waals surface area contributed by atoms with Crippen molar-refractivity contribution in [3.63, 3.8) is 0 Å². The fraction of sp³-hybridized carbons (Fsp3) is 0. The molecule has 0 saturated heterocycles. The molecule has 0 rings (SSSR count).